The molecule has 1 N–H and O–H groups in total. The number of hydrogen-bond donors (Lipinski definition) is 1. The van der Waals surface area contributed by atoms with Crippen LogP contribution in [0.3, 0.4) is 0 Å². The summed E-state index contributed by atoms with van der Waals surface area (Å²) in [6, 6.07) is 2.38. The van der Waals surface area contributed by atoms with Gasteiger partial charge in [-0.15, -0.1) is 0 Å². The number of hydrogen-bond acceptors (Lipinski definition) is 2. The van der Waals surface area contributed by atoms with Crippen molar-refractivity contribution in [2.45, 2.75) is 71.5 Å². The Bertz CT molecular complexity index is 312. The standard InChI is InChI=1S/C17H32N2/c1-11(2)15-10-19(17(9-18-15)12(3)4)16-8-13-5-6-14(16)7-13/h11-18H,5-10H2,1-4H3. The molecule has 1 saturated heterocycles. The molecule has 2 heteroatoms. The molecule has 0 amide bonds. The van der Waals surface area contributed by atoms with E-state index in [9.17, 15) is 0 Å². The lowest BCUT2D eigenvalue weighted by Crippen LogP contribution is -2.63. The zero-order chi connectivity index (χ0) is 13.6. The maximum Gasteiger partial charge on any atom is 0.0247 e. The molecule has 5 unspecified atom stereocenters. The highest BCUT2D eigenvalue weighted by Gasteiger charge is 2.46. The van der Waals surface area contributed by atoms with Crippen LogP contribution in [0.1, 0.15) is 53.4 Å². The fraction of sp³-hybridized carbons (Fsp3) is 1.00. The number of nitrogens with one attached hydrogen (secondary N) is 1. The summed E-state index contributed by atoms with van der Waals surface area (Å²) in [6.45, 7) is 12.0. The Morgan fingerprint density at radius 3 is 2.32 bits per heavy atom. The smallest absolute Gasteiger partial charge is 0.0247 e. The summed E-state index contributed by atoms with van der Waals surface area (Å²) in [4.78, 5) is 2.93. The molecule has 0 aromatic rings. The van der Waals surface area contributed by atoms with Crippen molar-refractivity contribution >= 4 is 0 Å². The van der Waals surface area contributed by atoms with Gasteiger partial charge in [0.25, 0.3) is 0 Å². The molecule has 5 atom stereocenters. The molecule has 3 aliphatic rings. The van der Waals surface area contributed by atoms with E-state index in [1.165, 1.54) is 38.8 Å². The maximum absolute atomic E-state index is 3.81. The second-order valence-electron chi connectivity index (χ2n) is 8.01. The summed E-state index contributed by atoms with van der Waals surface area (Å²) in [5.41, 5.74) is 0. The minimum atomic E-state index is 0.703. The van der Waals surface area contributed by atoms with E-state index in [1.807, 2.05) is 0 Å². The van der Waals surface area contributed by atoms with Crippen molar-refractivity contribution < 1.29 is 0 Å². The Labute approximate surface area is 119 Å². The first-order chi connectivity index (χ1) is 9.06. The van der Waals surface area contributed by atoms with Gasteiger partial charge in [0.1, 0.15) is 0 Å². The summed E-state index contributed by atoms with van der Waals surface area (Å²) in [6.07, 6.45) is 6.06. The second kappa shape index (κ2) is 5.37. The van der Waals surface area contributed by atoms with E-state index < -0.39 is 0 Å². The molecule has 3 rings (SSSR count). The van der Waals surface area contributed by atoms with E-state index in [-0.39, 0.29) is 0 Å². The molecule has 2 nitrogen and oxygen atoms in total. The lowest BCUT2D eigenvalue weighted by atomic mass is 9.87. The Kier molecular flexibility index (Phi) is 3.92. The van der Waals surface area contributed by atoms with Crippen LogP contribution in [-0.4, -0.2) is 36.1 Å². The fourth-order valence-electron chi connectivity index (χ4n) is 4.88. The summed E-state index contributed by atoms with van der Waals surface area (Å²) >= 11 is 0. The number of rotatable bonds is 3. The highest BCUT2D eigenvalue weighted by atomic mass is 15.3. The third-order valence-corrected chi connectivity index (χ3v) is 6.12. The van der Waals surface area contributed by atoms with Crippen LogP contribution in [0.25, 0.3) is 0 Å². The molecule has 0 aromatic heterocycles. The zero-order valence-corrected chi connectivity index (χ0v) is 13.2. The van der Waals surface area contributed by atoms with E-state index in [0.717, 1.165) is 35.8 Å². The minimum Gasteiger partial charge on any atom is -0.311 e. The summed E-state index contributed by atoms with van der Waals surface area (Å²) in [5, 5.41) is 3.81. The number of nitrogens with zero attached hydrogens (tertiary/aromatic N) is 1. The molecular weight excluding hydrogens is 232 g/mol. The average molecular weight is 264 g/mol. The summed E-state index contributed by atoms with van der Waals surface area (Å²) < 4.78 is 0. The van der Waals surface area contributed by atoms with Crippen LogP contribution >= 0.6 is 0 Å². The molecule has 1 heterocycles. The molecule has 2 bridgehead atoms. The first-order valence-electron chi connectivity index (χ1n) is 8.55. The van der Waals surface area contributed by atoms with Crippen molar-refractivity contribution in [3.8, 4) is 0 Å². The van der Waals surface area contributed by atoms with Crippen molar-refractivity contribution in [1.82, 2.24) is 10.2 Å². The Balaban J connectivity index is 1.73. The summed E-state index contributed by atoms with van der Waals surface area (Å²) in [7, 11) is 0. The lowest BCUT2D eigenvalue weighted by molar-refractivity contribution is 0.0233. The number of fused-ring (bicyclic) bond motifs is 2. The van der Waals surface area contributed by atoms with Crippen LogP contribution in [0.15, 0.2) is 0 Å². The van der Waals surface area contributed by atoms with Crippen LogP contribution in [0.5, 0.6) is 0 Å². The van der Waals surface area contributed by atoms with E-state index in [1.54, 1.807) is 0 Å². The van der Waals surface area contributed by atoms with Crippen molar-refractivity contribution in [1.29, 1.82) is 0 Å². The lowest BCUT2D eigenvalue weighted by Gasteiger charge is -2.48. The Morgan fingerprint density at radius 1 is 1.00 bits per heavy atom. The van der Waals surface area contributed by atoms with Crippen molar-refractivity contribution in [3.63, 3.8) is 0 Å². The largest absolute Gasteiger partial charge is 0.311 e. The molecular formula is C17H32N2. The SMILES string of the molecule is CC(C)C1CN(C2CC3CCC2C3)C(C(C)C)CN1. The quantitative estimate of drug-likeness (QED) is 0.842. The van der Waals surface area contributed by atoms with Gasteiger partial charge in [-0.1, -0.05) is 34.1 Å². The van der Waals surface area contributed by atoms with Gasteiger partial charge in [0.2, 0.25) is 0 Å². The van der Waals surface area contributed by atoms with Gasteiger partial charge in [-0.25, -0.2) is 0 Å². The molecule has 19 heavy (non-hydrogen) atoms. The van der Waals surface area contributed by atoms with Gasteiger partial charge >= 0.3 is 0 Å². The Hall–Kier alpha value is -0.0800. The predicted molar refractivity (Wildman–Crippen MR) is 81.2 cm³/mol. The highest BCUT2D eigenvalue weighted by molar-refractivity contribution is 5.00. The van der Waals surface area contributed by atoms with E-state index >= 15 is 0 Å². The molecule has 2 aliphatic carbocycles. The predicted octanol–water partition coefficient (Wildman–Crippen LogP) is 3.13. The van der Waals surface area contributed by atoms with Crippen LogP contribution in [0.2, 0.25) is 0 Å². The highest BCUT2D eigenvalue weighted by Crippen LogP contribution is 2.47. The van der Waals surface area contributed by atoms with E-state index in [2.05, 4.69) is 37.9 Å². The third-order valence-electron chi connectivity index (χ3n) is 6.12. The monoisotopic (exact) mass is 264 g/mol. The first kappa shape index (κ1) is 13.9. The van der Waals surface area contributed by atoms with Gasteiger partial charge in [-0.2, -0.15) is 0 Å². The molecule has 110 valence electrons. The van der Waals surface area contributed by atoms with Crippen molar-refractivity contribution in [3.05, 3.63) is 0 Å². The van der Waals surface area contributed by atoms with Crippen molar-refractivity contribution in [2.75, 3.05) is 13.1 Å². The molecule has 0 radical (unpaired) electrons. The van der Waals surface area contributed by atoms with Gasteiger partial charge in [-0.05, 0) is 42.9 Å². The summed E-state index contributed by atoms with van der Waals surface area (Å²) in [5.74, 6) is 3.63. The second-order valence-corrected chi connectivity index (χ2v) is 8.01. The van der Waals surface area contributed by atoms with Gasteiger partial charge < -0.3 is 5.32 Å². The topological polar surface area (TPSA) is 15.3 Å². The average Bonchev–Trinajstić information content (AvgIpc) is 3.00. The van der Waals surface area contributed by atoms with Gasteiger partial charge in [0.05, 0.1) is 0 Å². The first-order valence-corrected chi connectivity index (χ1v) is 8.55. The maximum atomic E-state index is 3.81. The van der Waals surface area contributed by atoms with E-state index in [0.29, 0.717) is 6.04 Å². The van der Waals surface area contributed by atoms with Crippen LogP contribution in [0.4, 0.5) is 0 Å². The molecule has 0 spiro atoms. The minimum absolute atomic E-state index is 0.703. The van der Waals surface area contributed by atoms with Gasteiger partial charge in [0.15, 0.2) is 0 Å². The Morgan fingerprint density at radius 2 is 1.79 bits per heavy atom. The van der Waals surface area contributed by atoms with Crippen LogP contribution < -0.4 is 5.32 Å². The van der Waals surface area contributed by atoms with Gasteiger partial charge in [0, 0.05) is 31.2 Å². The zero-order valence-electron chi connectivity index (χ0n) is 13.2. The van der Waals surface area contributed by atoms with Crippen molar-refractivity contribution in [2.24, 2.45) is 23.7 Å². The van der Waals surface area contributed by atoms with E-state index in [4.69, 9.17) is 0 Å². The molecule has 1 aliphatic heterocycles. The normalized spacial score (nSPS) is 43.6. The van der Waals surface area contributed by atoms with Gasteiger partial charge in [-0.3, -0.25) is 4.90 Å². The third kappa shape index (κ3) is 2.58. The number of piperazine rings is 1. The van der Waals surface area contributed by atoms with Crippen LogP contribution in [-0.2, 0) is 0 Å². The van der Waals surface area contributed by atoms with Crippen LogP contribution in [0, 0.1) is 23.7 Å². The molecule has 0 aromatic carbocycles. The molecule has 3 fully saturated rings. The fourth-order valence-corrected chi connectivity index (χ4v) is 4.88. The molecule has 2 saturated carbocycles.